The number of methoxy groups -OCH3 is 1. The van der Waals surface area contributed by atoms with Gasteiger partial charge in [-0.2, -0.15) is 5.10 Å². The summed E-state index contributed by atoms with van der Waals surface area (Å²) in [5.41, 5.74) is -1.06. The van der Waals surface area contributed by atoms with Gasteiger partial charge in [0.1, 0.15) is 17.2 Å². The van der Waals surface area contributed by atoms with E-state index in [2.05, 4.69) is 30.4 Å². The Kier molecular flexibility index (Phi) is 7.48. The third kappa shape index (κ3) is 6.44. The highest BCUT2D eigenvalue weighted by Gasteiger charge is 2.25. The Labute approximate surface area is 207 Å². The molecular weight excluding hydrogens is 496 g/mol. The second kappa shape index (κ2) is 10.0. The predicted octanol–water partition coefficient (Wildman–Crippen LogP) is 3.74. The number of ether oxygens (including phenoxy) is 1. The molecule has 0 radical (unpaired) electrons. The fourth-order valence-electron chi connectivity index (χ4n) is 3.26. The largest absolute Gasteiger partial charge is 0.453 e. The van der Waals surface area contributed by atoms with Gasteiger partial charge in [0.2, 0.25) is 16.0 Å². The smallest absolute Gasteiger partial charge is 0.408 e. The number of rotatable bonds is 8. The van der Waals surface area contributed by atoms with Crippen molar-refractivity contribution >= 4 is 27.8 Å². The molecule has 0 atom stereocenters. The van der Waals surface area contributed by atoms with Crippen LogP contribution >= 0.6 is 0 Å². The first-order chi connectivity index (χ1) is 16.7. The zero-order chi connectivity index (χ0) is 26.8. The van der Waals surface area contributed by atoms with Gasteiger partial charge < -0.3 is 10.1 Å². The van der Waals surface area contributed by atoms with Gasteiger partial charge in [0.05, 0.1) is 24.7 Å². The number of aromatic nitrogens is 4. The molecular formula is C22H27F2N7O4S. The van der Waals surface area contributed by atoms with E-state index in [4.69, 9.17) is 0 Å². The highest BCUT2D eigenvalue weighted by atomic mass is 32.2. The van der Waals surface area contributed by atoms with Gasteiger partial charge in [-0.3, -0.25) is 14.7 Å². The Morgan fingerprint density at radius 2 is 1.89 bits per heavy atom. The van der Waals surface area contributed by atoms with Crippen molar-refractivity contribution in [2.45, 2.75) is 39.4 Å². The van der Waals surface area contributed by atoms with Crippen molar-refractivity contribution in [1.29, 1.82) is 0 Å². The quantitative estimate of drug-likeness (QED) is 0.379. The number of halogens is 2. The van der Waals surface area contributed by atoms with Crippen molar-refractivity contribution in [2.24, 2.45) is 0 Å². The molecule has 1 amide bonds. The molecule has 2 aromatic heterocycles. The number of sulfonamides is 1. The van der Waals surface area contributed by atoms with Crippen LogP contribution in [0.5, 0.6) is 0 Å². The molecule has 1 aromatic carbocycles. The van der Waals surface area contributed by atoms with Crippen LogP contribution in [0.25, 0.3) is 22.5 Å². The number of hydrogen-bond donors (Lipinski definition) is 3. The minimum Gasteiger partial charge on any atom is -0.453 e. The SMILES string of the molecule is COC(=O)NC(C)(C)Nc1nccc(-c2cn(C(C)C)nc2-c2cc(F)cc(NS(C)(=O)=O)c2F)n1. The molecule has 0 unspecified atom stereocenters. The number of anilines is 2. The summed E-state index contributed by atoms with van der Waals surface area (Å²) in [7, 11) is -2.63. The lowest BCUT2D eigenvalue weighted by molar-refractivity contribution is 0.162. The normalized spacial score (nSPS) is 11.9. The average Bonchev–Trinajstić information content (AvgIpc) is 3.20. The molecule has 36 heavy (non-hydrogen) atoms. The van der Waals surface area contributed by atoms with Gasteiger partial charge in [-0.1, -0.05) is 0 Å². The van der Waals surface area contributed by atoms with Gasteiger partial charge in [0.15, 0.2) is 5.82 Å². The summed E-state index contributed by atoms with van der Waals surface area (Å²) in [6, 6.07) is 3.11. The van der Waals surface area contributed by atoms with Crippen molar-refractivity contribution < 1.29 is 26.7 Å². The molecule has 3 N–H and O–H groups in total. The third-order valence-corrected chi connectivity index (χ3v) is 5.40. The molecule has 0 bridgehead atoms. The summed E-state index contributed by atoms with van der Waals surface area (Å²) >= 11 is 0. The summed E-state index contributed by atoms with van der Waals surface area (Å²) in [6.45, 7) is 7.04. The van der Waals surface area contributed by atoms with Crippen LogP contribution in [0.4, 0.5) is 25.2 Å². The maximum atomic E-state index is 15.4. The molecule has 3 aromatic rings. The predicted molar refractivity (Wildman–Crippen MR) is 131 cm³/mol. The standard InChI is InChI=1S/C22H27F2N7O4S/c1-12(2)31-11-15(16-7-8-25-20(26-16)27-22(3,4)28-21(32)35-5)19(29-31)14-9-13(23)10-17(18(14)24)30-36(6,33)34/h7-12,30H,1-6H3,(H,28,32)(H,25,26,27). The van der Waals surface area contributed by atoms with Gasteiger partial charge >= 0.3 is 6.09 Å². The number of amides is 1. The van der Waals surface area contributed by atoms with Crippen LogP contribution in [-0.2, 0) is 14.8 Å². The zero-order valence-electron chi connectivity index (χ0n) is 20.6. The van der Waals surface area contributed by atoms with Crippen molar-refractivity contribution in [3.8, 4) is 22.5 Å². The van der Waals surface area contributed by atoms with Gasteiger partial charge in [0, 0.05) is 35.6 Å². The lowest BCUT2D eigenvalue weighted by Gasteiger charge is -2.26. The molecule has 0 aliphatic heterocycles. The second-order valence-corrected chi connectivity index (χ2v) is 10.5. The second-order valence-electron chi connectivity index (χ2n) is 8.79. The molecule has 0 aliphatic carbocycles. The Morgan fingerprint density at radius 1 is 1.19 bits per heavy atom. The van der Waals surface area contributed by atoms with Crippen LogP contribution in [0.15, 0.2) is 30.6 Å². The van der Waals surface area contributed by atoms with E-state index < -0.39 is 39.1 Å². The van der Waals surface area contributed by atoms with E-state index in [0.717, 1.165) is 18.4 Å². The van der Waals surface area contributed by atoms with Gasteiger partial charge in [-0.25, -0.2) is 32.0 Å². The van der Waals surface area contributed by atoms with E-state index in [9.17, 15) is 17.6 Å². The van der Waals surface area contributed by atoms with Crippen LogP contribution in [-0.4, -0.2) is 53.3 Å². The zero-order valence-corrected chi connectivity index (χ0v) is 21.4. The number of alkyl carbamates (subject to hydrolysis) is 1. The number of hydrogen-bond acceptors (Lipinski definition) is 8. The highest BCUT2D eigenvalue weighted by molar-refractivity contribution is 7.92. The monoisotopic (exact) mass is 523 g/mol. The number of carbonyl (C=O) groups excluding carboxylic acids is 1. The summed E-state index contributed by atoms with van der Waals surface area (Å²) in [6.07, 6.45) is 3.25. The number of carbonyl (C=O) groups is 1. The number of benzene rings is 1. The molecule has 14 heteroatoms. The van der Waals surface area contributed by atoms with E-state index >= 15 is 4.39 Å². The van der Waals surface area contributed by atoms with Gasteiger partial charge in [-0.05, 0) is 39.8 Å². The van der Waals surface area contributed by atoms with Crippen molar-refractivity contribution in [2.75, 3.05) is 23.4 Å². The number of nitrogens with zero attached hydrogens (tertiary/aromatic N) is 4. The molecule has 11 nitrogen and oxygen atoms in total. The van der Waals surface area contributed by atoms with Crippen LogP contribution in [0.1, 0.15) is 33.7 Å². The van der Waals surface area contributed by atoms with Crippen molar-refractivity contribution in [3.05, 3.63) is 42.2 Å². The third-order valence-electron chi connectivity index (χ3n) is 4.80. The van der Waals surface area contributed by atoms with Crippen LogP contribution in [0, 0.1) is 11.6 Å². The summed E-state index contributed by atoms with van der Waals surface area (Å²) in [5, 5.41) is 9.99. The Bertz CT molecular complexity index is 1390. The lowest BCUT2D eigenvalue weighted by Crippen LogP contribution is -2.49. The summed E-state index contributed by atoms with van der Waals surface area (Å²) in [5.74, 6) is -1.72. The summed E-state index contributed by atoms with van der Waals surface area (Å²) < 4.78 is 61.3. The molecule has 0 aliphatic rings. The van der Waals surface area contributed by atoms with Crippen LogP contribution in [0.3, 0.4) is 0 Å². The van der Waals surface area contributed by atoms with Crippen LogP contribution in [0.2, 0.25) is 0 Å². The maximum absolute atomic E-state index is 15.4. The molecule has 0 saturated heterocycles. The fourth-order valence-corrected chi connectivity index (χ4v) is 3.81. The average molecular weight is 524 g/mol. The first kappa shape index (κ1) is 26.8. The molecule has 0 spiro atoms. The van der Waals surface area contributed by atoms with E-state index in [-0.39, 0.29) is 23.2 Å². The first-order valence-corrected chi connectivity index (χ1v) is 12.6. The van der Waals surface area contributed by atoms with E-state index in [1.165, 1.54) is 13.3 Å². The van der Waals surface area contributed by atoms with Gasteiger partial charge in [0.25, 0.3) is 0 Å². The Morgan fingerprint density at radius 3 is 2.50 bits per heavy atom. The molecule has 3 rings (SSSR count). The van der Waals surface area contributed by atoms with E-state index in [1.807, 2.05) is 18.6 Å². The van der Waals surface area contributed by atoms with Gasteiger partial charge in [-0.15, -0.1) is 0 Å². The maximum Gasteiger partial charge on any atom is 0.408 e. The van der Waals surface area contributed by atoms with Crippen molar-refractivity contribution in [3.63, 3.8) is 0 Å². The fraction of sp³-hybridized carbons (Fsp3) is 0.364. The van der Waals surface area contributed by atoms with E-state index in [1.54, 1.807) is 30.8 Å². The minimum atomic E-state index is -3.87. The molecule has 2 heterocycles. The molecule has 194 valence electrons. The van der Waals surface area contributed by atoms with Crippen LogP contribution < -0.4 is 15.4 Å². The topological polar surface area (TPSA) is 140 Å². The Balaban J connectivity index is 2.12. The summed E-state index contributed by atoms with van der Waals surface area (Å²) in [4.78, 5) is 20.2. The minimum absolute atomic E-state index is 0.0499. The molecule has 0 fully saturated rings. The lowest BCUT2D eigenvalue weighted by atomic mass is 10.0. The highest BCUT2D eigenvalue weighted by Crippen LogP contribution is 2.36. The Hall–Kier alpha value is -3.81. The number of nitrogens with one attached hydrogen (secondary N) is 3. The van der Waals surface area contributed by atoms with Crippen molar-refractivity contribution in [1.82, 2.24) is 25.1 Å². The molecule has 0 saturated carbocycles. The van der Waals surface area contributed by atoms with E-state index in [0.29, 0.717) is 11.3 Å². The first-order valence-electron chi connectivity index (χ1n) is 10.7.